The molecule has 1 heterocycles. The molecule has 0 atom stereocenters. The summed E-state index contributed by atoms with van der Waals surface area (Å²) in [7, 11) is 2.16. The number of nitrogens with one attached hydrogen (secondary N) is 1. The number of likely N-dealkylation sites (N-methyl/N-ethyl adjacent to an activating group) is 1. The lowest BCUT2D eigenvalue weighted by Crippen LogP contribution is -2.45. The Balaban J connectivity index is 0.00000264. The minimum absolute atomic E-state index is 0. The van der Waals surface area contributed by atoms with E-state index in [1.165, 1.54) is 5.56 Å². The van der Waals surface area contributed by atoms with Crippen LogP contribution in [0.3, 0.4) is 0 Å². The van der Waals surface area contributed by atoms with Crippen molar-refractivity contribution in [3.8, 4) is 0 Å². The van der Waals surface area contributed by atoms with Crippen molar-refractivity contribution in [1.29, 1.82) is 0 Å². The third kappa shape index (κ3) is 7.81. The summed E-state index contributed by atoms with van der Waals surface area (Å²) in [6, 6.07) is 7.87. The molecular weight excluding hydrogens is 347 g/mol. The van der Waals surface area contributed by atoms with Gasteiger partial charge in [0.1, 0.15) is 0 Å². The molecule has 0 saturated carbocycles. The summed E-state index contributed by atoms with van der Waals surface area (Å²) in [5.41, 5.74) is 7.42. The topological polar surface area (TPSA) is 61.6 Å². The molecule has 3 N–H and O–H groups in total. The van der Waals surface area contributed by atoms with Crippen LogP contribution in [0.5, 0.6) is 0 Å². The smallest absolute Gasteiger partial charge is 0.251 e. The van der Waals surface area contributed by atoms with Crippen molar-refractivity contribution in [3.63, 3.8) is 0 Å². The van der Waals surface area contributed by atoms with E-state index in [1.54, 1.807) is 0 Å². The molecule has 2 rings (SSSR count). The number of carbonyl (C=O) groups excluding carboxylic acids is 1. The summed E-state index contributed by atoms with van der Waals surface area (Å²) < 4.78 is 0. The van der Waals surface area contributed by atoms with E-state index >= 15 is 0 Å². The van der Waals surface area contributed by atoms with Crippen molar-refractivity contribution < 1.29 is 4.79 Å². The number of carbonyl (C=O) groups is 1. The van der Waals surface area contributed by atoms with Gasteiger partial charge in [0, 0.05) is 50.4 Å². The molecule has 0 spiro atoms. The van der Waals surface area contributed by atoms with Crippen LogP contribution in [0, 0.1) is 0 Å². The van der Waals surface area contributed by atoms with Crippen molar-refractivity contribution in [1.82, 2.24) is 15.1 Å². The molecule has 1 aliphatic rings. The van der Waals surface area contributed by atoms with Crippen LogP contribution in [-0.4, -0.2) is 61.0 Å². The summed E-state index contributed by atoms with van der Waals surface area (Å²) in [5, 5.41) is 2.86. The Labute approximate surface area is 157 Å². The summed E-state index contributed by atoms with van der Waals surface area (Å²) in [4.78, 5) is 16.8. The van der Waals surface area contributed by atoms with Crippen molar-refractivity contribution >= 4 is 30.7 Å². The highest BCUT2D eigenvalue weighted by atomic mass is 35.5. The molecular formula is C17H30Cl2N4O. The van der Waals surface area contributed by atoms with Crippen LogP contribution < -0.4 is 11.1 Å². The molecule has 1 saturated heterocycles. The zero-order valence-corrected chi connectivity index (χ0v) is 16.4. The van der Waals surface area contributed by atoms with E-state index in [-0.39, 0.29) is 30.7 Å². The fourth-order valence-corrected chi connectivity index (χ4v) is 2.44. The average Bonchev–Trinajstić information content (AvgIpc) is 2.47. The molecule has 1 aromatic carbocycles. The number of hydrogen-bond donors (Lipinski definition) is 2. The largest absolute Gasteiger partial charge is 0.350 e. The predicted octanol–water partition coefficient (Wildman–Crippen LogP) is 1.74. The van der Waals surface area contributed by atoms with Gasteiger partial charge in [0.2, 0.25) is 0 Å². The van der Waals surface area contributed by atoms with Crippen molar-refractivity contribution in [2.24, 2.45) is 5.73 Å². The highest BCUT2D eigenvalue weighted by Gasteiger charge is 2.15. The number of nitrogens with two attached hydrogens (primary N) is 1. The van der Waals surface area contributed by atoms with Crippen LogP contribution in [0.1, 0.15) is 29.8 Å². The van der Waals surface area contributed by atoms with Gasteiger partial charge < -0.3 is 16.0 Å². The number of piperazine rings is 1. The maximum Gasteiger partial charge on any atom is 0.251 e. The van der Waals surface area contributed by atoms with E-state index in [4.69, 9.17) is 5.73 Å². The lowest BCUT2D eigenvalue weighted by Gasteiger charge is -2.32. The molecule has 0 radical (unpaired) electrons. The Morgan fingerprint density at radius 1 is 1.12 bits per heavy atom. The van der Waals surface area contributed by atoms with Crippen LogP contribution >= 0.6 is 24.8 Å². The molecule has 1 aromatic rings. The number of halogens is 2. The monoisotopic (exact) mass is 376 g/mol. The van der Waals surface area contributed by atoms with Crippen molar-refractivity contribution in [3.05, 3.63) is 35.4 Å². The number of rotatable bonds is 5. The second-order valence-corrected chi connectivity index (χ2v) is 6.95. The molecule has 0 bridgehead atoms. The molecule has 7 heteroatoms. The zero-order valence-electron chi connectivity index (χ0n) is 14.7. The van der Waals surface area contributed by atoms with Gasteiger partial charge in [-0.05, 0) is 38.6 Å². The van der Waals surface area contributed by atoms with E-state index in [1.807, 2.05) is 38.1 Å². The number of nitrogens with zero attached hydrogens (tertiary/aromatic N) is 2. The lowest BCUT2D eigenvalue weighted by atomic mass is 10.1. The van der Waals surface area contributed by atoms with Crippen molar-refractivity contribution in [2.45, 2.75) is 25.9 Å². The first-order chi connectivity index (χ1) is 10.3. The van der Waals surface area contributed by atoms with E-state index in [2.05, 4.69) is 22.2 Å². The van der Waals surface area contributed by atoms with Gasteiger partial charge in [-0.15, -0.1) is 24.8 Å². The first kappa shape index (κ1) is 23.1. The van der Waals surface area contributed by atoms with Gasteiger partial charge in [0.15, 0.2) is 0 Å². The van der Waals surface area contributed by atoms with Gasteiger partial charge in [-0.2, -0.15) is 0 Å². The summed E-state index contributed by atoms with van der Waals surface area (Å²) in [6.07, 6.45) is 0. The molecule has 5 nitrogen and oxygen atoms in total. The number of amides is 1. The second kappa shape index (κ2) is 10.2. The van der Waals surface area contributed by atoms with E-state index in [0.717, 1.165) is 32.7 Å². The second-order valence-electron chi connectivity index (χ2n) is 6.95. The standard InChI is InChI=1S/C17H28N4O.2ClH/c1-17(2,18)13-19-16(22)15-6-4-14(5-7-15)12-21-10-8-20(3)9-11-21;;/h4-7H,8-13,18H2,1-3H3,(H,19,22);2*1H. The molecule has 0 unspecified atom stereocenters. The average molecular weight is 377 g/mol. The Hall–Kier alpha value is -0.850. The third-order valence-corrected chi connectivity index (χ3v) is 3.92. The maximum absolute atomic E-state index is 12.0. The normalized spacial score (nSPS) is 16.0. The molecule has 0 aliphatic carbocycles. The third-order valence-electron chi connectivity index (χ3n) is 3.92. The van der Waals surface area contributed by atoms with Gasteiger partial charge in [0.25, 0.3) is 5.91 Å². The molecule has 0 aromatic heterocycles. The van der Waals surface area contributed by atoms with Crippen LogP contribution in [0.15, 0.2) is 24.3 Å². The van der Waals surface area contributed by atoms with Gasteiger partial charge in [0.05, 0.1) is 0 Å². The fourth-order valence-electron chi connectivity index (χ4n) is 2.44. The van der Waals surface area contributed by atoms with Crippen LogP contribution in [0.2, 0.25) is 0 Å². The first-order valence-electron chi connectivity index (χ1n) is 7.90. The van der Waals surface area contributed by atoms with Gasteiger partial charge in [-0.1, -0.05) is 12.1 Å². The predicted molar refractivity (Wildman–Crippen MR) is 104 cm³/mol. The molecule has 138 valence electrons. The Morgan fingerprint density at radius 2 is 1.67 bits per heavy atom. The van der Waals surface area contributed by atoms with Crippen LogP contribution in [0.4, 0.5) is 0 Å². The molecule has 1 aliphatic heterocycles. The molecule has 1 amide bonds. The Bertz CT molecular complexity index is 494. The quantitative estimate of drug-likeness (QED) is 0.821. The highest BCUT2D eigenvalue weighted by molar-refractivity contribution is 5.94. The Kier molecular flexibility index (Phi) is 9.85. The summed E-state index contributed by atoms with van der Waals surface area (Å²) in [6.45, 7) is 9.65. The Morgan fingerprint density at radius 3 is 2.17 bits per heavy atom. The van der Waals surface area contributed by atoms with E-state index in [9.17, 15) is 4.79 Å². The SMILES string of the molecule is CN1CCN(Cc2ccc(C(=O)NCC(C)(C)N)cc2)CC1.Cl.Cl. The zero-order chi connectivity index (χ0) is 16.2. The van der Waals surface area contributed by atoms with Gasteiger partial charge in [-0.3, -0.25) is 9.69 Å². The maximum atomic E-state index is 12.0. The highest BCUT2D eigenvalue weighted by Crippen LogP contribution is 2.10. The molecule has 1 fully saturated rings. The van der Waals surface area contributed by atoms with E-state index in [0.29, 0.717) is 12.1 Å². The first-order valence-corrected chi connectivity index (χ1v) is 7.90. The van der Waals surface area contributed by atoms with Crippen molar-refractivity contribution in [2.75, 3.05) is 39.8 Å². The number of benzene rings is 1. The van der Waals surface area contributed by atoms with Crippen LogP contribution in [-0.2, 0) is 6.54 Å². The van der Waals surface area contributed by atoms with Gasteiger partial charge >= 0.3 is 0 Å². The number of hydrogen-bond acceptors (Lipinski definition) is 4. The van der Waals surface area contributed by atoms with E-state index < -0.39 is 5.54 Å². The van der Waals surface area contributed by atoms with Crippen LogP contribution in [0.25, 0.3) is 0 Å². The summed E-state index contributed by atoms with van der Waals surface area (Å²) >= 11 is 0. The lowest BCUT2D eigenvalue weighted by molar-refractivity contribution is 0.0946. The minimum Gasteiger partial charge on any atom is -0.350 e. The summed E-state index contributed by atoms with van der Waals surface area (Å²) in [5.74, 6) is -0.0651. The fraction of sp³-hybridized carbons (Fsp3) is 0.588. The minimum atomic E-state index is -0.392. The molecule has 24 heavy (non-hydrogen) atoms. The van der Waals surface area contributed by atoms with Gasteiger partial charge in [-0.25, -0.2) is 0 Å².